The van der Waals surface area contributed by atoms with Crippen LogP contribution in [0.25, 0.3) is 0 Å². The van der Waals surface area contributed by atoms with E-state index in [2.05, 4.69) is 5.32 Å². The first-order valence-corrected chi connectivity index (χ1v) is 9.95. The number of nitrogens with one attached hydrogen (secondary N) is 1. The summed E-state index contributed by atoms with van der Waals surface area (Å²) in [6, 6.07) is 0.587. The van der Waals surface area contributed by atoms with Crippen molar-refractivity contribution in [3.05, 3.63) is 33.2 Å². The lowest BCUT2D eigenvalue weighted by Crippen LogP contribution is -2.44. The minimum atomic E-state index is -1.08. The Morgan fingerprint density at radius 2 is 1.85 bits per heavy atom. The van der Waals surface area contributed by atoms with Gasteiger partial charge in [-0.25, -0.2) is 4.79 Å². The summed E-state index contributed by atoms with van der Waals surface area (Å²) >= 11 is 0. The summed E-state index contributed by atoms with van der Waals surface area (Å²) in [4.78, 5) is 37.1. The molecule has 150 valence electrons. The van der Waals surface area contributed by atoms with Crippen LogP contribution in [-0.4, -0.2) is 27.6 Å². The highest BCUT2D eigenvalue weighted by atomic mass is 16.4. The lowest BCUT2D eigenvalue weighted by atomic mass is 9.89. The number of hydrogen-bond donors (Lipinski definition) is 2. The number of carboxylic acids is 1. The smallest absolute Gasteiger partial charge is 0.326 e. The molecule has 0 unspecified atom stereocenters. The number of carbonyl (C=O) groups excluding carboxylic acids is 1. The summed E-state index contributed by atoms with van der Waals surface area (Å²) in [5, 5.41) is 11.9. The Morgan fingerprint density at radius 3 is 2.41 bits per heavy atom. The molecule has 1 saturated carbocycles. The molecule has 6 heteroatoms. The topological polar surface area (TPSA) is 88.4 Å². The van der Waals surface area contributed by atoms with Crippen molar-refractivity contribution in [1.82, 2.24) is 9.88 Å². The maximum Gasteiger partial charge on any atom is 0.326 e. The molecule has 27 heavy (non-hydrogen) atoms. The van der Waals surface area contributed by atoms with E-state index in [0.29, 0.717) is 18.9 Å². The summed E-state index contributed by atoms with van der Waals surface area (Å²) < 4.78 is 1.71. The average molecular weight is 376 g/mol. The Labute approximate surface area is 161 Å². The first-order chi connectivity index (χ1) is 12.7. The SMILES string of the molecule is Cc1cc(C(=O)N[C@@H](CC(C)C)C(=O)O)c(=O)n(CC2CCCCC2)c1C. The summed E-state index contributed by atoms with van der Waals surface area (Å²) in [5.41, 5.74) is 1.45. The molecule has 0 radical (unpaired) electrons. The van der Waals surface area contributed by atoms with Gasteiger partial charge in [0.05, 0.1) is 0 Å². The first kappa shape index (κ1) is 21.2. The van der Waals surface area contributed by atoms with Gasteiger partial charge < -0.3 is 15.0 Å². The van der Waals surface area contributed by atoms with Gasteiger partial charge in [0.25, 0.3) is 11.5 Å². The summed E-state index contributed by atoms with van der Waals surface area (Å²) in [6.45, 7) is 8.21. The zero-order chi connectivity index (χ0) is 20.1. The Kier molecular flexibility index (Phi) is 7.22. The second kappa shape index (κ2) is 9.20. The number of aromatic nitrogens is 1. The maximum absolute atomic E-state index is 13.0. The van der Waals surface area contributed by atoms with Crippen LogP contribution in [0.5, 0.6) is 0 Å². The van der Waals surface area contributed by atoms with Crippen LogP contribution in [0.15, 0.2) is 10.9 Å². The van der Waals surface area contributed by atoms with Crippen LogP contribution in [-0.2, 0) is 11.3 Å². The van der Waals surface area contributed by atoms with E-state index >= 15 is 0 Å². The second-order valence-corrected chi connectivity index (χ2v) is 8.24. The fourth-order valence-corrected chi connectivity index (χ4v) is 3.83. The molecule has 2 rings (SSSR count). The molecule has 1 atom stereocenters. The van der Waals surface area contributed by atoms with Crippen molar-refractivity contribution < 1.29 is 14.7 Å². The van der Waals surface area contributed by atoms with E-state index in [9.17, 15) is 19.5 Å². The fraction of sp³-hybridized carbons (Fsp3) is 0.667. The molecule has 1 aromatic rings. The molecule has 2 N–H and O–H groups in total. The summed E-state index contributed by atoms with van der Waals surface area (Å²) in [7, 11) is 0. The van der Waals surface area contributed by atoms with E-state index in [4.69, 9.17) is 0 Å². The summed E-state index contributed by atoms with van der Waals surface area (Å²) in [5.74, 6) is -1.10. The number of aliphatic carboxylic acids is 1. The lowest BCUT2D eigenvalue weighted by Gasteiger charge is -2.24. The highest BCUT2D eigenvalue weighted by Crippen LogP contribution is 2.25. The van der Waals surface area contributed by atoms with Crippen LogP contribution in [0, 0.1) is 25.7 Å². The number of carbonyl (C=O) groups is 2. The van der Waals surface area contributed by atoms with Crippen LogP contribution in [0.3, 0.4) is 0 Å². The van der Waals surface area contributed by atoms with Gasteiger partial charge in [0.1, 0.15) is 11.6 Å². The van der Waals surface area contributed by atoms with Crippen LogP contribution < -0.4 is 10.9 Å². The number of amides is 1. The lowest BCUT2D eigenvalue weighted by molar-refractivity contribution is -0.139. The van der Waals surface area contributed by atoms with E-state index in [1.165, 1.54) is 19.3 Å². The average Bonchev–Trinajstić information content (AvgIpc) is 2.61. The molecule has 0 aromatic carbocycles. The van der Waals surface area contributed by atoms with Gasteiger partial charge in [0, 0.05) is 12.2 Å². The zero-order valence-corrected chi connectivity index (χ0v) is 16.9. The van der Waals surface area contributed by atoms with Gasteiger partial charge in [-0.15, -0.1) is 0 Å². The molecular weight excluding hydrogens is 344 g/mol. The summed E-state index contributed by atoms with van der Waals surface area (Å²) in [6.07, 6.45) is 6.16. The standard InChI is InChI=1S/C21H32N2O4/c1-13(2)10-18(21(26)27)22-19(24)17-11-14(3)15(4)23(20(17)25)12-16-8-6-5-7-9-16/h11,13,16,18H,5-10,12H2,1-4H3,(H,22,24)(H,26,27)/t18-/m0/s1. The van der Waals surface area contributed by atoms with Gasteiger partial charge in [0.15, 0.2) is 0 Å². The van der Waals surface area contributed by atoms with E-state index in [-0.39, 0.29) is 17.0 Å². The van der Waals surface area contributed by atoms with Crippen molar-refractivity contribution >= 4 is 11.9 Å². The number of aryl methyl sites for hydroxylation is 1. The third-order valence-electron chi connectivity index (χ3n) is 5.53. The predicted octanol–water partition coefficient (Wildman–Crippen LogP) is 3.27. The van der Waals surface area contributed by atoms with Crippen molar-refractivity contribution in [3.8, 4) is 0 Å². The van der Waals surface area contributed by atoms with Crippen molar-refractivity contribution in [2.45, 2.75) is 78.8 Å². The van der Waals surface area contributed by atoms with Crippen molar-refractivity contribution in [2.75, 3.05) is 0 Å². The van der Waals surface area contributed by atoms with Gasteiger partial charge in [0.2, 0.25) is 0 Å². The molecule has 0 aliphatic heterocycles. The number of rotatable bonds is 7. The number of pyridine rings is 1. The van der Waals surface area contributed by atoms with Crippen molar-refractivity contribution in [3.63, 3.8) is 0 Å². The molecule has 6 nitrogen and oxygen atoms in total. The third-order valence-corrected chi connectivity index (χ3v) is 5.53. The molecule has 0 saturated heterocycles. The molecule has 1 aliphatic carbocycles. The predicted molar refractivity (Wildman–Crippen MR) is 105 cm³/mol. The zero-order valence-electron chi connectivity index (χ0n) is 16.9. The van der Waals surface area contributed by atoms with Crippen molar-refractivity contribution in [2.24, 2.45) is 11.8 Å². The van der Waals surface area contributed by atoms with Gasteiger partial charge in [-0.1, -0.05) is 33.1 Å². The van der Waals surface area contributed by atoms with Crippen molar-refractivity contribution in [1.29, 1.82) is 0 Å². The monoisotopic (exact) mass is 376 g/mol. The molecule has 1 amide bonds. The van der Waals surface area contributed by atoms with Gasteiger partial charge in [-0.2, -0.15) is 0 Å². The van der Waals surface area contributed by atoms with E-state index in [1.807, 2.05) is 27.7 Å². The number of hydrogen-bond acceptors (Lipinski definition) is 3. The molecular formula is C21H32N2O4. The fourth-order valence-electron chi connectivity index (χ4n) is 3.83. The Hall–Kier alpha value is -2.11. The van der Waals surface area contributed by atoms with Crippen LogP contribution >= 0.6 is 0 Å². The van der Waals surface area contributed by atoms with Gasteiger partial charge >= 0.3 is 5.97 Å². The number of nitrogens with zero attached hydrogens (tertiary/aromatic N) is 1. The van der Waals surface area contributed by atoms with Crippen LogP contribution in [0.4, 0.5) is 0 Å². The second-order valence-electron chi connectivity index (χ2n) is 8.24. The van der Waals surface area contributed by atoms with Crippen LogP contribution in [0.2, 0.25) is 0 Å². The molecule has 0 bridgehead atoms. The van der Waals surface area contributed by atoms with Gasteiger partial charge in [-0.05, 0) is 56.6 Å². The normalized spacial score (nSPS) is 16.3. The van der Waals surface area contributed by atoms with Crippen LogP contribution in [0.1, 0.15) is 74.0 Å². The largest absolute Gasteiger partial charge is 0.480 e. The highest BCUT2D eigenvalue weighted by Gasteiger charge is 2.25. The first-order valence-electron chi connectivity index (χ1n) is 9.95. The highest BCUT2D eigenvalue weighted by molar-refractivity contribution is 5.96. The quantitative estimate of drug-likeness (QED) is 0.764. The Balaban J connectivity index is 2.29. The molecule has 1 aliphatic rings. The van der Waals surface area contributed by atoms with E-state index in [0.717, 1.165) is 24.1 Å². The molecule has 1 aromatic heterocycles. The Morgan fingerprint density at radius 1 is 1.22 bits per heavy atom. The minimum absolute atomic E-state index is 0.0314. The number of carboxylic acid groups (broad SMARTS) is 1. The minimum Gasteiger partial charge on any atom is -0.480 e. The van der Waals surface area contributed by atoms with E-state index in [1.54, 1.807) is 10.6 Å². The van der Waals surface area contributed by atoms with Gasteiger partial charge in [-0.3, -0.25) is 9.59 Å². The third kappa shape index (κ3) is 5.44. The molecule has 1 heterocycles. The molecule has 0 spiro atoms. The Bertz CT molecular complexity index is 745. The van der Waals surface area contributed by atoms with E-state index < -0.39 is 17.9 Å². The molecule has 1 fully saturated rings. The maximum atomic E-state index is 13.0.